The summed E-state index contributed by atoms with van der Waals surface area (Å²) < 4.78 is 0. The number of hydrogen-bond acceptors (Lipinski definition) is 4. The largest absolute Gasteiger partial charge is 0.322 e. The molecule has 1 fully saturated rings. The molecule has 2 aromatic carbocycles. The number of amides is 5. The van der Waals surface area contributed by atoms with Crippen molar-refractivity contribution in [3.8, 4) is 0 Å². The Bertz CT molecular complexity index is 1140. The first-order valence-corrected chi connectivity index (χ1v) is 10.9. The number of nitrogens with zero attached hydrogens (tertiary/aromatic N) is 2. The minimum Gasteiger partial charge on any atom is -0.322 e. The zero-order valence-corrected chi connectivity index (χ0v) is 17.8. The summed E-state index contributed by atoms with van der Waals surface area (Å²) >= 11 is 0. The lowest BCUT2D eigenvalue weighted by atomic mass is 10.0. The van der Waals surface area contributed by atoms with E-state index >= 15 is 0 Å². The minimum absolute atomic E-state index is 0.0326. The van der Waals surface area contributed by atoms with Gasteiger partial charge in [0.05, 0.1) is 6.04 Å². The van der Waals surface area contributed by atoms with E-state index in [2.05, 4.69) is 29.7 Å². The number of piperidine rings is 1. The molecule has 2 N–H and O–H groups in total. The summed E-state index contributed by atoms with van der Waals surface area (Å²) in [6.45, 7) is 2.90. The zero-order chi connectivity index (χ0) is 22.4. The Morgan fingerprint density at radius 2 is 1.91 bits per heavy atom. The predicted molar refractivity (Wildman–Crippen MR) is 117 cm³/mol. The number of imide groups is 1. The van der Waals surface area contributed by atoms with E-state index < -0.39 is 11.9 Å². The van der Waals surface area contributed by atoms with Gasteiger partial charge in [0.1, 0.15) is 6.04 Å². The van der Waals surface area contributed by atoms with Crippen molar-refractivity contribution in [2.24, 2.45) is 0 Å². The molecule has 0 spiro atoms. The molecule has 0 aliphatic carbocycles. The maximum absolute atomic E-state index is 13.1. The first-order valence-electron chi connectivity index (χ1n) is 10.9. The van der Waals surface area contributed by atoms with E-state index in [0.717, 1.165) is 17.5 Å². The van der Waals surface area contributed by atoms with E-state index in [0.29, 0.717) is 24.2 Å². The van der Waals surface area contributed by atoms with Crippen molar-refractivity contribution in [1.82, 2.24) is 15.1 Å². The fraction of sp³-hybridized carbons (Fsp3) is 0.333. The molecule has 0 aromatic heterocycles. The molecule has 0 radical (unpaired) electrons. The Kier molecular flexibility index (Phi) is 4.92. The fourth-order valence-corrected chi connectivity index (χ4v) is 4.97. The van der Waals surface area contributed by atoms with Gasteiger partial charge in [0, 0.05) is 30.8 Å². The molecule has 8 nitrogen and oxygen atoms in total. The molecule has 164 valence electrons. The van der Waals surface area contributed by atoms with Crippen LogP contribution in [-0.2, 0) is 22.7 Å². The number of hydrogen-bond donors (Lipinski definition) is 2. The molecular formula is C24H24N4O4. The molecule has 2 unspecified atom stereocenters. The van der Waals surface area contributed by atoms with Gasteiger partial charge in [-0.2, -0.15) is 0 Å². The molecular weight excluding hydrogens is 408 g/mol. The third-order valence-corrected chi connectivity index (χ3v) is 6.55. The number of carbonyl (C=O) groups is 4. The Labute approximate surface area is 185 Å². The van der Waals surface area contributed by atoms with Crippen molar-refractivity contribution in [2.45, 2.75) is 51.4 Å². The quantitative estimate of drug-likeness (QED) is 0.729. The van der Waals surface area contributed by atoms with Gasteiger partial charge in [-0.05, 0) is 47.7 Å². The van der Waals surface area contributed by atoms with E-state index in [9.17, 15) is 19.2 Å². The van der Waals surface area contributed by atoms with Crippen molar-refractivity contribution in [3.05, 3.63) is 64.7 Å². The molecule has 0 saturated carbocycles. The van der Waals surface area contributed by atoms with Crippen LogP contribution in [-0.4, -0.2) is 39.6 Å². The number of urea groups is 1. The summed E-state index contributed by atoms with van der Waals surface area (Å²) in [6.07, 6.45) is 1.36. The molecule has 2 aromatic rings. The van der Waals surface area contributed by atoms with E-state index in [1.165, 1.54) is 10.5 Å². The smallest absolute Gasteiger partial charge is 0.322 e. The number of nitrogens with one attached hydrogen (secondary N) is 2. The lowest BCUT2D eigenvalue weighted by Gasteiger charge is -2.29. The molecule has 5 rings (SSSR count). The standard InChI is InChI=1S/C24H24N4O4/c1-2-19-17-6-4-3-5-14(17)12-28(19)24(32)25-16-7-8-18-15(11-16)13-27(23(18)31)20-9-10-21(29)26-22(20)30/h3-8,11,19-20H,2,9-10,12-13H2,1H3,(H,25,32)(H,26,29,30). The normalized spacial score (nSPS) is 22.0. The van der Waals surface area contributed by atoms with Crippen LogP contribution >= 0.6 is 0 Å². The maximum Gasteiger partial charge on any atom is 0.322 e. The summed E-state index contributed by atoms with van der Waals surface area (Å²) in [7, 11) is 0. The molecule has 1 saturated heterocycles. The first-order chi connectivity index (χ1) is 15.5. The summed E-state index contributed by atoms with van der Waals surface area (Å²) in [4.78, 5) is 52.9. The monoisotopic (exact) mass is 432 g/mol. The topological polar surface area (TPSA) is 98.8 Å². The molecule has 3 aliphatic heterocycles. The van der Waals surface area contributed by atoms with Crippen molar-refractivity contribution in [3.63, 3.8) is 0 Å². The maximum atomic E-state index is 13.1. The average Bonchev–Trinajstić information content (AvgIpc) is 3.31. The number of carbonyl (C=O) groups excluding carboxylic acids is 4. The van der Waals surface area contributed by atoms with Crippen LogP contribution in [0.15, 0.2) is 42.5 Å². The fourth-order valence-electron chi connectivity index (χ4n) is 4.97. The first kappa shape index (κ1) is 20.2. The minimum atomic E-state index is -0.654. The van der Waals surface area contributed by atoms with Gasteiger partial charge in [0.25, 0.3) is 5.91 Å². The molecule has 3 aliphatic rings. The van der Waals surface area contributed by atoms with E-state index in [1.54, 1.807) is 18.2 Å². The van der Waals surface area contributed by atoms with Gasteiger partial charge in [0.2, 0.25) is 11.8 Å². The van der Waals surface area contributed by atoms with Crippen molar-refractivity contribution < 1.29 is 19.2 Å². The van der Waals surface area contributed by atoms with E-state index in [-0.39, 0.29) is 36.9 Å². The van der Waals surface area contributed by atoms with Crippen molar-refractivity contribution in [1.29, 1.82) is 0 Å². The number of benzene rings is 2. The highest BCUT2D eigenvalue weighted by molar-refractivity contribution is 6.05. The van der Waals surface area contributed by atoms with Crippen LogP contribution in [0.5, 0.6) is 0 Å². The second-order valence-electron chi connectivity index (χ2n) is 8.45. The van der Waals surface area contributed by atoms with Crippen molar-refractivity contribution in [2.75, 3.05) is 5.32 Å². The Balaban J connectivity index is 1.31. The lowest BCUT2D eigenvalue weighted by Crippen LogP contribution is -2.52. The van der Waals surface area contributed by atoms with E-state index in [4.69, 9.17) is 0 Å². The third-order valence-electron chi connectivity index (χ3n) is 6.55. The zero-order valence-electron chi connectivity index (χ0n) is 17.8. The van der Waals surface area contributed by atoms with Gasteiger partial charge in [-0.25, -0.2) is 4.79 Å². The Morgan fingerprint density at radius 1 is 1.09 bits per heavy atom. The summed E-state index contributed by atoms with van der Waals surface area (Å²) in [6, 6.07) is 12.5. The van der Waals surface area contributed by atoms with Gasteiger partial charge in [-0.3, -0.25) is 19.7 Å². The average molecular weight is 432 g/mol. The summed E-state index contributed by atoms with van der Waals surface area (Å²) in [5.41, 5.74) is 4.23. The molecule has 5 amide bonds. The SMILES string of the molecule is CCC1c2ccccc2CN1C(=O)Nc1ccc2c(c1)CN(C1CCC(=O)NC1=O)C2=O. The highest BCUT2D eigenvalue weighted by Gasteiger charge is 2.39. The molecule has 2 atom stereocenters. The van der Waals surface area contributed by atoms with Crippen molar-refractivity contribution >= 4 is 29.4 Å². The molecule has 3 heterocycles. The number of rotatable bonds is 3. The molecule has 32 heavy (non-hydrogen) atoms. The van der Waals surface area contributed by atoms with Gasteiger partial charge in [0.15, 0.2) is 0 Å². The van der Waals surface area contributed by atoms with Gasteiger partial charge in [-0.15, -0.1) is 0 Å². The molecule has 0 bridgehead atoms. The lowest BCUT2D eigenvalue weighted by molar-refractivity contribution is -0.136. The molecule has 8 heteroatoms. The van der Waals surface area contributed by atoms with Crippen LogP contribution in [0.25, 0.3) is 0 Å². The number of fused-ring (bicyclic) bond motifs is 2. The summed E-state index contributed by atoms with van der Waals surface area (Å²) in [5.74, 6) is -0.974. The Hall–Kier alpha value is -3.68. The van der Waals surface area contributed by atoms with Crippen LogP contribution in [0.3, 0.4) is 0 Å². The highest BCUT2D eigenvalue weighted by atomic mass is 16.2. The Morgan fingerprint density at radius 3 is 2.69 bits per heavy atom. The third kappa shape index (κ3) is 3.32. The number of anilines is 1. The van der Waals surface area contributed by atoms with E-state index in [1.807, 2.05) is 17.0 Å². The van der Waals surface area contributed by atoms with Gasteiger partial charge in [-0.1, -0.05) is 31.2 Å². The van der Waals surface area contributed by atoms with Gasteiger partial charge >= 0.3 is 6.03 Å². The van der Waals surface area contributed by atoms with Crippen LogP contribution < -0.4 is 10.6 Å². The van der Waals surface area contributed by atoms with Crippen LogP contribution in [0.2, 0.25) is 0 Å². The van der Waals surface area contributed by atoms with Crippen LogP contribution in [0.4, 0.5) is 10.5 Å². The highest BCUT2D eigenvalue weighted by Crippen LogP contribution is 2.36. The predicted octanol–water partition coefficient (Wildman–Crippen LogP) is 2.95. The van der Waals surface area contributed by atoms with Gasteiger partial charge < -0.3 is 15.1 Å². The second kappa shape index (κ2) is 7.78. The summed E-state index contributed by atoms with van der Waals surface area (Å²) in [5, 5.41) is 5.27. The van der Waals surface area contributed by atoms with Crippen LogP contribution in [0.1, 0.15) is 59.3 Å². The van der Waals surface area contributed by atoms with Crippen LogP contribution in [0, 0.1) is 0 Å². The second-order valence-corrected chi connectivity index (χ2v) is 8.45.